The lowest BCUT2D eigenvalue weighted by Gasteiger charge is -2.30. The van der Waals surface area contributed by atoms with Crippen LogP contribution in [-0.4, -0.2) is 46.3 Å². The minimum atomic E-state index is -0.577. The Labute approximate surface area is 155 Å². The molecule has 0 bridgehead atoms. The van der Waals surface area contributed by atoms with E-state index in [-0.39, 0.29) is 23.0 Å². The number of piperidine rings is 1. The van der Waals surface area contributed by atoms with Gasteiger partial charge in [-0.05, 0) is 44.9 Å². The highest BCUT2D eigenvalue weighted by Crippen LogP contribution is 2.20. The quantitative estimate of drug-likeness (QED) is 0.763. The van der Waals surface area contributed by atoms with Gasteiger partial charge in [0.1, 0.15) is 5.82 Å². The fraction of sp³-hybridized carbons (Fsp3) is 0.474. The number of carbonyl (C=O) groups is 2. The zero-order chi connectivity index (χ0) is 19.6. The smallest absolute Gasteiger partial charge is 0.309 e. The van der Waals surface area contributed by atoms with Gasteiger partial charge in [-0.3, -0.25) is 19.1 Å². The molecule has 0 aliphatic carbocycles. The third-order valence-electron chi connectivity index (χ3n) is 4.82. The van der Waals surface area contributed by atoms with Gasteiger partial charge in [0.15, 0.2) is 5.69 Å². The van der Waals surface area contributed by atoms with Crippen LogP contribution in [0.1, 0.15) is 37.2 Å². The van der Waals surface area contributed by atoms with E-state index in [4.69, 9.17) is 4.74 Å². The molecule has 8 heteroatoms. The van der Waals surface area contributed by atoms with Crippen molar-refractivity contribution in [1.29, 1.82) is 0 Å². The molecule has 1 aliphatic heterocycles. The highest BCUT2D eigenvalue weighted by molar-refractivity contribution is 5.95. The summed E-state index contributed by atoms with van der Waals surface area (Å²) in [5.74, 6) is -1.52. The van der Waals surface area contributed by atoms with Crippen LogP contribution in [0, 0.1) is 11.7 Å². The van der Waals surface area contributed by atoms with E-state index >= 15 is 0 Å². The lowest BCUT2D eigenvalue weighted by Crippen LogP contribution is -2.43. The van der Waals surface area contributed by atoms with Gasteiger partial charge < -0.3 is 9.64 Å². The number of aryl methyl sites for hydroxylation is 1. The number of hydrogen-bond donors (Lipinski definition) is 0. The lowest BCUT2D eigenvalue weighted by atomic mass is 9.97. The highest BCUT2D eigenvalue weighted by atomic mass is 19.1. The first-order valence-corrected chi connectivity index (χ1v) is 9.12. The summed E-state index contributed by atoms with van der Waals surface area (Å²) < 4.78 is 20.2. The summed E-state index contributed by atoms with van der Waals surface area (Å²) in [6, 6.07) is 3.88. The Bertz CT molecular complexity index is 932. The number of ether oxygens (including phenoxy) is 1. The topological polar surface area (TPSA) is 81.5 Å². The molecule has 27 heavy (non-hydrogen) atoms. The number of amides is 1. The number of hydrogen-bond acceptors (Lipinski definition) is 5. The molecule has 1 aromatic heterocycles. The molecule has 0 N–H and O–H groups in total. The van der Waals surface area contributed by atoms with Crippen molar-refractivity contribution in [2.24, 2.45) is 5.92 Å². The Morgan fingerprint density at radius 2 is 1.96 bits per heavy atom. The van der Waals surface area contributed by atoms with E-state index in [2.05, 4.69) is 5.10 Å². The predicted molar refractivity (Wildman–Crippen MR) is 96.9 cm³/mol. The van der Waals surface area contributed by atoms with Crippen LogP contribution in [-0.2, 0) is 16.1 Å². The van der Waals surface area contributed by atoms with Crippen LogP contribution in [0.15, 0.2) is 23.0 Å². The molecule has 0 unspecified atom stereocenters. The molecule has 1 saturated heterocycles. The molecule has 0 saturated carbocycles. The van der Waals surface area contributed by atoms with Crippen LogP contribution in [0.5, 0.6) is 0 Å². The van der Waals surface area contributed by atoms with E-state index in [0.29, 0.717) is 44.6 Å². The van der Waals surface area contributed by atoms with Crippen LogP contribution in [0.2, 0.25) is 0 Å². The summed E-state index contributed by atoms with van der Waals surface area (Å²) in [4.78, 5) is 38.9. The summed E-state index contributed by atoms with van der Waals surface area (Å²) in [6.45, 7) is 5.04. The summed E-state index contributed by atoms with van der Waals surface area (Å²) in [5, 5.41) is 4.34. The largest absolute Gasteiger partial charge is 0.466 e. The van der Waals surface area contributed by atoms with Gasteiger partial charge in [0.05, 0.1) is 23.4 Å². The van der Waals surface area contributed by atoms with Crippen molar-refractivity contribution >= 4 is 22.8 Å². The van der Waals surface area contributed by atoms with Gasteiger partial charge >= 0.3 is 5.97 Å². The second-order valence-electron chi connectivity index (χ2n) is 6.47. The summed E-state index contributed by atoms with van der Waals surface area (Å²) >= 11 is 0. The molecular weight excluding hydrogens is 353 g/mol. The number of halogens is 1. The Kier molecular flexibility index (Phi) is 5.53. The standard InChI is InChI=1S/C19H22FN3O4/c1-3-23-15-6-5-13(20)11-14(15)17(24)16(21-23)18(25)22-9-7-12(8-10-22)19(26)27-4-2/h5-6,11-12H,3-4,7-10H2,1-2H3. The molecule has 0 atom stereocenters. The Morgan fingerprint density at radius 1 is 1.26 bits per heavy atom. The van der Waals surface area contributed by atoms with Crippen molar-refractivity contribution in [3.8, 4) is 0 Å². The summed E-state index contributed by atoms with van der Waals surface area (Å²) in [6.07, 6.45) is 0.962. The van der Waals surface area contributed by atoms with Crippen LogP contribution in [0.4, 0.5) is 4.39 Å². The average molecular weight is 375 g/mol. The number of fused-ring (bicyclic) bond motifs is 1. The number of benzene rings is 1. The Balaban J connectivity index is 1.87. The number of carbonyl (C=O) groups excluding carboxylic acids is 2. The van der Waals surface area contributed by atoms with Crippen LogP contribution in [0.25, 0.3) is 10.9 Å². The van der Waals surface area contributed by atoms with Gasteiger partial charge in [-0.25, -0.2) is 4.39 Å². The number of likely N-dealkylation sites (tertiary alicyclic amines) is 1. The zero-order valence-electron chi connectivity index (χ0n) is 15.4. The van der Waals surface area contributed by atoms with Crippen LogP contribution in [0.3, 0.4) is 0 Å². The lowest BCUT2D eigenvalue weighted by molar-refractivity contribution is -0.149. The Morgan fingerprint density at radius 3 is 2.59 bits per heavy atom. The van der Waals surface area contributed by atoms with Crippen molar-refractivity contribution in [2.45, 2.75) is 33.2 Å². The SMILES string of the molecule is CCOC(=O)C1CCN(C(=O)c2nn(CC)c3ccc(F)cc3c2=O)CC1. The third-order valence-corrected chi connectivity index (χ3v) is 4.82. The van der Waals surface area contributed by atoms with Gasteiger partial charge in [0, 0.05) is 19.6 Å². The monoisotopic (exact) mass is 375 g/mol. The molecule has 7 nitrogen and oxygen atoms in total. The predicted octanol–water partition coefficient (Wildman–Crippen LogP) is 1.97. The van der Waals surface area contributed by atoms with E-state index < -0.39 is 17.2 Å². The molecule has 1 aliphatic rings. The molecule has 2 aromatic rings. The molecule has 0 radical (unpaired) electrons. The maximum atomic E-state index is 13.6. The summed E-state index contributed by atoms with van der Waals surface area (Å²) in [7, 11) is 0. The maximum absolute atomic E-state index is 13.6. The average Bonchev–Trinajstić information content (AvgIpc) is 2.68. The van der Waals surface area contributed by atoms with E-state index in [0.717, 1.165) is 6.07 Å². The van der Waals surface area contributed by atoms with Crippen LogP contribution < -0.4 is 5.43 Å². The van der Waals surface area contributed by atoms with Crippen molar-refractivity contribution in [3.05, 3.63) is 39.9 Å². The van der Waals surface area contributed by atoms with Crippen molar-refractivity contribution in [2.75, 3.05) is 19.7 Å². The van der Waals surface area contributed by atoms with Gasteiger partial charge in [0.25, 0.3) is 5.91 Å². The van der Waals surface area contributed by atoms with E-state index in [1.165, 1.54) is 21.7 Å². The second-order valence-corrected chi connectivity index (χ2v) is 6.47. The first-order valence-electron chi connectivity index (χ1n) is 9.12. The molecule has 2 heterocycles. The first-order chi connectivity index (χ1) is 13.0. The van der Waals surface area contributed by atoms with Gasteiger partial charge in [-0.2, -0.15) is 5.10 Å². The number of esters is 1. The molecular formula is C19H22FN3O4. The van der Waals surface area contributed by atoms with E-state index in [1.54, 1.807) is 6.92 Å². The summed E-state index contributed by atoms with van der Waals surface area (Å²) in [5.41, 5.74) is -0.308. The van der Waals surface area contributed by atoms with Crippen molar-refractivity contribution in [3.63, 3.8) is 0 Å². The molecule has 1 fully saturated rings. The minimum Gasteiger partial charge on any atom is -0.466 e. The van der Waals surface area contributed by atoms with Gasteiger partial charge in [-0.15, -0.1) is 0 Å². The van der Waals surface area contributed by atoms with E-state index in [1.807, 2.05) is 6.92 Å². The normalized spacial score (nSPS) is 15.1. The molecule has 1 aromatic carbocycles. The number of nitrogens with zero attached hydrogens (tertiary/aromatic N) is 3. The maximum Gasteiger partial charge on any atom is 0.309 e. The van der Waals surface area contributed by atoms with E-state index in [9.17, 15) is 18.8 Å². The highest BCUT2D eigenvalue weighted by Gasteiger charge is 2.30. The Hall–Kier alpha value is -2.77. The number of aromatic nitrogens is 2. The van der Waals surface area contributed by atoms with Crippen molar-refractivity contribution in [1.82, 2.24) is 14.7 Å². The minimum absolute atomic E-state index is 0.136. The van der Waals surface area contributed by atoms with Crippen LogP contribution >= 0.6 is 0 Å². The zero-order valence-corrected chi connectivity index (χ0v) is 15.4. The molecule has 3 rings (SSSR count). The van der Waals surface area contributed by atoms with Gasteiger partial charge in [-0.1, -0.05) is 0 Å². The van der Waals surface area contributed by atoms with Crippen molar-refractivity contribution < 1.29 is 18.7 Å². The first kappa shape index (κ1) is 19.0. The fourth-order valence-electron chi connectivity index (χ4n) is 3.37. The van der Waals surface area contributed by atoms with Gasteiger partial charge in [0.2, 0.25) is 5.43 Å². The second kappa shape index (κ2) is 7.85. The molecule has 144 valence electrons. The molecule has 1 amide bonds. The fourth-order valence-corrected chi connectivity index (χ4v) is 3.37. The third kappa shape index (κ3) is 3.70. The number of rotatable bonds is 4. The molecule has 0 spiro atoms.